The highest BCUT2D eigenvalue weighted by Gasteiger charge is 2.39. The molecule has 0 spiro atoms. The van der Waals surface area contributed by atoms with Crippen LogP contribution < -0.4 is 5.32 Å². The van der Waals surface area contributed by atoms with Crippen molar-refractivity contribution >= 4 is 0 Å². The normalized spacial score (nSPS) is 33.8. The fourth-order valence-electron chi connectivity index (χ4n) is 3.23. The van der Waals surface area contributed by atoms with Crippen LogP contribution in [0.15, 0.2) is 10.6 Å². The van der Waals surface area contributed by atoms with Gasteiger partial charge in [-0.1, -0.05) is 11.6 Å². The topological polar surface area (TPSA) is 38.1 Å². The minimum Gasteiger partial charge on any atom is -0.360 e. The van der Waals surface area contributed by atoms with E-state index in [0.717, 1.165) is 35.9 Å². The van der Waals surface area contributed by atoms with Crippen molar-refractivity contribution in [3.63, 3.8) is 0 Å². The van der Waals surface area contributed by atoms with Gasteiger partial charge >= 0.3 is 0 Å². The molecule has 1 heterocycles. The van der Waals surface area contributed by atoms with Crippen molar-refractivity contribution in [3.8, 4) is 0 Å². The quantitative estimate of drug-likeness (QED) is 0.824. The highest BCUT2D eigenvalue weighted by atomic mass is 16.5. The van der Waals surface area contributed by atoms with E-state index in [1.807, 2.05) is 13.0 Å². The highest BCUT2D eigenvalue weighted by molar-refractivity contribution is 5.03. The maximum Gasteiger partial charge on any atom is 0.150 e. The summed E-state index contributed by atoms with van der Waals surface area (Å²) in [6.45, 7) is 2.80. The fraction of sp³-hybridized carbons (Fsp3) is 0.750. The second kappa shape index (κ2) is 3.63. The third-order valence-electron chi connectivity index (χ3n) is 3.95. The van der Waals surface area contributed by atoms with Crippen molar-refractivity contribution in [2.75, 3.05) is 0 Å². The van der Waals surface area contributed by atoms with Gasteiger partial charge in [0.1, 0.15) is 0 Å². The van der Waals surface area contributed by atoms with E-state index in [2.05, 4.69) is 10.5 Å². The molecule has 2 fully saturated rings. The standard InChI is InChI=1S/C12H18N2O/c1-8-4-11(15-14-8)7-13-12-6-9-2-3-10(12)5-9/h4,9-10,12-13H,2-3,5-7H2,1H3. The number of nitrogens with zero attached hydrogens (tertiary/aromatic N) is 1. The van der Waals surface area contributed by atoms with Gasteiger partial charge in [0.05, 0.1) is 12.2 Å². The summed E-state index contributed by atoms with van der Waals surface area (Å²) in [6, 6.07) is 2.74. The molecule has 1 aromatic heterocycles. The average molecular weight is 206 g/mol. The van der Waals surface area contributed by atoms with Crippen molar-refractivity contribution in [2.45, 2.75) is 45.2 Å². The predicted molar refractivity (Wildman–Crippen MR) is 57.3 cm³/mol. The summed E-state index contributed by atoms with van der Waals surface area (Å²) in [4.78, 5) is 0. The Morgan fingerprint density at radius 2 is 2.40 bits per heavy atom. The Morgan fingerprint density at radius 1 is 1.47 bits per heavy atom. The molecule has 2 aliphatic rings. The molecule has 15 heavy (non-hydrogen) atoms. The Bertz CT molecular complexity index is 347. The smallest absolute Gasteiger partial charge is 0.150 e. The number of fused-ring (bicyclic) bond motifs is 2. The highest BCUT2D eigenvalue weighted by Crippen LogP contribution is 2.44. The molecule has 0 radical (unpaired) electrons. The monoisotopic (exact) mass is 206 g/mol. The van der Waals surface area contributed by atoms with Gasteiger partial charge in [-0.3, -0.25) is 0 Å². The van der Waals surface area contributed by atoms with E-state index in [4.69, 9.17) is 4.52 Å². The summed E-state index contributed by atoms with van der Waals surface area (Å²) in [7, 11) is 0. The molecule has 3 unspecified atom stereocenters. The number of rotatable bonds is 3. The van der Waals surface area contributed by atoms with Crippen LogP contribution in [-0.4, -0.2) is 11.2 Å². The van der Waals surface area contributed by atoms with E-state index in [-0.39, 0.29) is 0 Å². The second-order valence-electron chi connectivity index (χ2n) is 5.10. The van der Waals surface area contributed by atoms with E-state index in [1.165, 1.54) is 25.7 Å². The zero-order valence-corrected chi connectivity index (χ0v) is 9.20. The van der Waals surface area contributed by atoms with Gasteiger partial charge in [-0.15, -0.1) is 0 Å². The lowest BCUT2D eigenvalue weighted by molar-refractivity contribution is 0.318. The van der Waals surface area contributed by atoms with E-state index < -0.39 is 0 Å². The zero-order chi connectivity index (χ0) is 10.3. The molecule has 1 N–H and O–H groups in total. The summed E-state index contributed by atoms with van der Waals surface area (Å²) < 4.78 is 5.19. The molecule has 2 saturated carbocycles. The van der Waals surface area contributed by atoms with E-state index in [9.17, 15) is 0 Å². The van der Waals surface area contributed by atoms with Crippen LogP contribution in [0.1, 0.15) is 37.1 Å². The van der Waals surface area contributed by atoms with Crippen LogP contribution in [0.3, 0.4) is 0 Å². The Balaban J connectivity index is 1.54. The molecule has 0 saturated heterocycles. The van der Waals surface area contributed by atoms with E-state index in [1.54, 1.807) is 0 Å². The molecule has 3 heteroatoms. The van der Waals surface area contributed by atoms with Crippen molar-refractivity contribution in [2.24, 2.45) is 11.8 Å². The molecule has 2 bridgehead atoms. The van der Waals surface area contributed by atoms with Gasteiger partial charge in [-0.25, -0.2) is 0 Å². The average Bonchev–Trinajstić information content (AvgIpc) is 2.90. The molecular weight excluding hydrogens is 188 g/mol. The van der Waals surface area contributed by atoms with Crippen LogP contribution in [0.25, 0.3) is 0 Å². The van der Waals surface area contributed by atoms with Crippen LogP contribution in [0.4, 0.5) is 0 Å². The van der Waals surface area contributed by atoms with Crippen LogP contribution in [0.2, 0.25) is 0 Å². The Morgan fingerprint density at radius 3 is 3.00 bits per heavy atom. The number of hydrogen-bond donors (Lipinski definition) is 1. The molecular formula is C12H18N2O. The molecule has 2 aliphatic carbocycles. The van der Waals surface area contributed by atoms with Crippen molar-refractivity contribution in [1.29, 1.82) is 0 Å². The van der Waals surface area contributed by atoms with Gasteiger partial charge in [0, 0.05) is 12.1 Å². The van der Waals surface area contributed by atoms with Gasteiger partial charge in [0.25, 0.3) is 0 Å². The van der Waals surface area contributed by atoms with Crippen molar-refractivity contribution < 1.29 is 4.52 Å². The largest absolute Gasteiger partial charge is 0.360 e. The first-order valence-electron chi connectivity index (χ1n) is 5.97. The molecule has 0 aromatic carbocycles. The molecule has 3 atom stereocenters. The first-order valence-corrected chi connectivity index (χ1v) is 5.97. The number of hydrogen-bond acceptors (Lipinski definition) is 3. The number of aromatic nitrogens is 1. The summed E-state index contributed by atoms with van der Waals surface area (Å²) >= 11 is 0. The summed E-state index contributed by atoms with van der Waals surface area (Å²) in [5, 5.41) is 7.50. The van der Waals surface area contributed by atoms with Crippen LogP contribution in [0, 0.1) is 18.8 Å². The predicted octanol–water partition coefficient (Wildman–Crippen LogP) is 2.26. The summed E-state index contributed by atoms with van der Waals surface area (Å²) in [5.41, 5.74) is 0.972. The molecule has 1 aromatic rings. The van der Waals surface area contributed by atoms with Gasteiger partial charge < -0.3 is 9.84 Å². The lowest BCUT2D eigenvalue weighted by Crippen LogP contribution is -2.33. The number of nitrogens with one attached hydrogen (secondary N) is 1. The first-order chi connectivity index (χ1) is 7.31. The van der Waals surface area contributed by atoms with Gasteiger partial charge in [-0.2, -0.15) is 0 Å². The molecule has 82 valence electrons. The fourth-order valence-corrected chi connectivity index (χ4v) is 3.23. The SMILES string of the molecule is Cc1cc(CNC2CC3CCC2C3)on1. The Kier molecular flexibility index (Phi) is 2.28. The van der Waals surface area contributed by atoms with E-state index in [0.29, 0.717) is 0 Å². The first kappa shape index (κ1) is 9.40. The van der Waals surface area contributed by atoms with Gasteiger partial charge in [-0.05, 0) is 38.0 Å². The molecule has 3 rings (SSSR count). The van der Waals surface area contributed by atoms with E-state index >= 15 is 0 Å². The minimum absolute atomic E-state index is 0.731. The minimum atomic E-state index is 0.731. The van der Waals surface area contributed by atoms with Crippen LogP contribution in [0.5, 0.6) is 0 Å². The number of aryl methyl sites for hydroxylation is 1. The second-order valence-corrected chi connectivity index (χ2v) is 5.10. The maximum atomic E-state index is 5.19. The van der Waals surface area contributed by atoms with Crippen molar-refractivity contribution in [3.05, 3.63) is 17.5 Å². The van der Waals surface area contributed by atoms with Gasteiger partial charge in [0.15, 0.2) is 5.76 Å². The Hall–Kier alpha value is -0.830. The van der Waals surface area contributed by atoms with Crippen molar-refractivity contribution in [1.82, 2.24) is 10.5 Å². The summed E-state index contributed by atoms with van der Waals surface area (Å²) in [5.74, 6) is 2.90. The van der Waals surface area contributed by atoms with Gasteiger partial charge in [0.2, 0.25) is 0 Å². The molecule has 0 aliphatic heterocycles. The Labute approximate surface area is 90.2 Å². The lowest BCUT2D eigenvalue weighted by Gasteiger charge is -2.22. The summed E-state index contributed by atoms with van der Waals surface area (Å²) in [6.07, 6.45) is 5.72. The zero-order valence-electron chi connectivity index (χ0n) is 9.20. The lowest BCUT2D eigenvalue weighted by atomic mass is 9.95. The molecule has 3 nitrogen and oxygen atoms in total. The van der Waals surface area contributed by atoms with Crippen LogP contribution in [-0.2, 0) is 6.54 Å². The van der Waals surface area contributed by atoms with Crippen LogP contribution >= 0.6 is 0 Å². The molecule has 0 amide bonds. The third kappa shape index (κ3) is 1.81. The third-order valence-corrected chi connectivity index (χ3v) is 3.95. The maximum absolute atomic E-state index is 5.19.